The second-order valence-electron chi connectivity index (χ2n) is 7.60. The molecule has 1 fully saturated rings. The van der Waals surface area contributed by atoms with Crippen LogP contribution in [0, 0.1) is 13.8 Å². The number of amides is 1. The zero-order valence-corrected chi connectivity index (χ0v) is 17.2. The van der Waals surface area contributed by atoms with Crippen LogP contribution in [-0.2, 0) is 9.84 Å². The maximum Gasteiger partial charge on any atom is 0.276 e. The summed E-state index contributed by atoms with van der Waals surface area (Å²) in [6.45, 7) is 3.99. The van der Waals surface area contributed by atoms with E-state index >= 15 is 0 Å². The molecule has 7 heteroatoms. The molecule has 0 bridgehead atoms. The summed E-state index contributed by atoms with van der Waals surface area (Å²) in [6.07, 6.45) is 0.502. The highest BCUT2D eigenvalue weighted by Gasteiger charge is 2.32. The van der Waals surface area contributed by atoms with Crippen LogP contribution < -0.4 is 5.32 Å². The van der Waals surface area contributed by atoms with Crippen molar-refractivity contribution in [3.8, 4) is 11.3 Å². The number of nitrogens with one attached hydrogen (secondary N) is 1. The maximum atomic E-state index is 12.8. The van der Waals surface area contributed by atoms with Gasteiger partial charge in [0.25, 0.3) is 5.91 Å². The van der Waals surface area contributed by atoms with E-state index in [9.17, 15) is 13.2 Å². The van der Waals surface area contributed by atoms with Gasteiger partial charge in [-0.25, -0.2) is 8.42 Å². The largest absolute Gasteiger partial charge is 0.321 e. The van der Waals surface area contributed by atoms with E-state index in [0.717, 1.165) is 22.4 Å². The summed E-state index contributed by atoms with van der Waals surface area (Å²) in [5.74, 6) is -0.121. The molecule has 2 aromatic carbocycles. The lowest BCUT2D eigenvalue weighted by Crippen LogP contribution is -2.16. The zero-order valence-electron chi connectivity index (χ0n) is 16.4. The predicted molar refractivity (Wildman–Crippen MR) is 114 cm³/mol. The van der Waals surface area contributed by atoms with E-state index in [-0.39, 0.29) is 29.1 Å². The molecule has 1 aliphatic rings. The highest BCUT2D eigenvalue weighted by molar-refractivity contribution is 7.91. The van der Waals surface area contributed by atoms with Crippen molar-refractivity contribution in [1.29, 1.82) is 0 Å². The molecule has 0 unspecified atom stereocenters. The lowest BCUT2D eigenvalue weighted by atomic mass is 10.1. The molecule has 0 radical (unpaired) electrons. The normalized spacial score (nSPS) is 17.9. The van der Waals surface area contributed by atoms with Crippen molar-refractivity contribution < 1.29 is 13.2 Å². The van der Waals surface area contributed by atoms with Gasteiger partial charge in [-0.05, 0) is 44.0 Å². The van der Waals surface area contributed by atoms with Gasteiger partial charge in [-0.1, -0.05) is 47.5 Å². The van der Waals surface area contributed by atoms with Crippen LogP contribution in [0.15, 0.2) is 54.6 Å². The van der Waals surface area contributed by atoms with Gasteiger partial charge in [-0.15, -0.1) is 0 Å². The number of anilines is 1. The molecular weight excluding hydrogens is 386 g/mol. The Balaban J connectivity index is 1.69. The summed E-state index contributed by atoms with van der Waals surface area (Å²) >= 11 is 0. The number of aromatic nitrogens is 2. The predicted octanol–water partition coefficient (Wildman–Crippen LogP) is 3.78. The Labute approximate surface area is 170 Å². The summed E-state index contributed by atoms with van der Waals surface area (Å²) < 4.78 is 25.7. The average Bonchev–Trinajstić information content (AvgIpc) is 3.28. The molecule has 0 spiro atoms. The number of carbonyl (C=O) groups is 1. The molecule has 1 saturated heterocycles. The van der Waals surface area contributed by atoms with E-state index in [4.69, 9.17) is 0 Å². The number of carbonyl (C=O) groups excluding carboxylic acids is 1. The molecular formula is C22H23N3O3S. The molecule has 6 nitrogen and oxygen atoms in total. The summed E-state index contributed by atoms with van der Waals surface area (Å²) in [5.41, 5.74) is 4.85. The number of hydrogen-bond acceptors (Lipinski definition) is 4. The summed E-state index contributed by atoms with van der Waals surface area (Å²) in [6, 6.07) is 16.9. The second kappa shape index (κ2) is 7.48. The van der Waals surface area contributed by atoms with Crippen LogP contribution in [0.3, 0.4) is 0 Å². The molecule has 29 heavy (non-hydrogen) atoms. The van der Waals surface area contributed by atoms with E-state index in [1.165, 1.54) is 0 Å². The van der Waals surface area contributed by atoms with Crippen LogP contribution in [0.2, 0.25) is 0 Å². The topological polar surface area (TPSA) is 81.1 Å². The fraction of sp³-hybridized carbons (Fsp3) is 0.273. The fourth-order valence-electron chi connectivity index (χ4n) is 3.52. The molecule has 150 valence electrons. The van der Waals surface area contributed by atoms with Crippen molar-refractivity contribution in [1.82, 2.24) is 9.78 Å². The first kappa shape index (κ1) is 19.4. The monoisotopic (exact) mass is 409 g/mol. The molecule has 1 aliphatic heterocycles. The molecule has 1 N–H and O–H groups in total. The van der Waals surface area contributed by atoms with Gasteiger partial charge in [0, 0.05) is 5.69 Å². The third-order valence-electron chi connectivity index (χ3n) is 5.18. The molecule has 0 aliphatic carbocycles. The average molecular weight is 410 g/mol. The zero-order chi connectivity index (χ0) is 20.6. The van der Waals surface area contributed by atoms with Gasteiger partial charge in [0.15, 0.2) is 15.5 Å². The number of rotatable bonds is 4. The summed E-state index contributed by atoms with van der Waals surface area (Å²) in [7, 11) is -3.07. The third kappa shape index (κ3) is 4.24. The lowest BCUT2D eigenvalue weighted by molar-refractivity contribution is 0.102. The van der Waals surface area contributed by atoms with Crippen molar-refractivity contribution in [3.05, 3.63) is 71.4 Å². The molecule has 0 saturated carbocycles. The van der Waals surface area contributed by atoms with Crippen molar-refractivity contribution in [2.75, 3.05) is 16.8 Å². The molecule has 1 amide bonds. The van der Waals surface area contributed by atoms with Crippen LogP contribution in [0.4, 0.5) is 5.69 Å². The van der Waals surface area contributed by atoms with E-state index in [0.29, 0.717) is 12.1 Å². The van der Waals surface area contributed by atoms with Crippen molar-refractivity contribution >= 4 is 21.4 Å². The Morgan fingerprint density at radius 1 is 1.03 bits per heavy atom. The first-order chi connectivity index (χ1) is 13.8. The summed E-state index contributed by atoms with van der Waals surface area (Å²) in [4.78, 5) is 12.8. The molecule has 1 atom stereocenters. The first-order valence-corrected chi connectivity index (χ1v) is 11.4. The third-order valence-corrected chi connectivity index (χ3v) is 6.93. The van der Waals surface area contributed by atoms with Gasteiger partial charge >= 0.3 is 0 Å². The number of aryl methyl sites for hydroxylation is 2. The van der Waals surface area contributed by atoms with E-state index < -0.39 is 9.84 Å². The highest BCUT2D eigenvalue weighted by atomic mass is 32.2. The van der Waals surface area contributed by atoms with Crippen LogP contribution in [-0.4, -0.2) is 35.6 Å². The molecule has 1 aromatic heterocycles. The molecule has 3 aromatic rings. The van der Waals surface area contributed by atoms with Crippen LogP contribution in [0.1, 0.15) is 34.1 Å². The van der Waals surface area contributed by atoms with E-state index in [1.54, 1.807) is 10.7 Å². The number of sulfone groups is 1. The Hall–Kier alpha value is -2.93. The van der Waals surface area contributed by atoms with E-state index in [2.05, 4.69) is 10.4 Å². The smallest absolute Gasteiger partial charge is 0.276 e. The van der Waals surface area contributed by atoms with Gasteiger partial charge in [0.1, 0.15) is 0 Å². The van der Waals surface area contributed by atoms with Gasteiger partial charge in [0.2, 0.25) is 0 Å². The SMILES string of the molecule is Cc1ccc(NC(=O)c2cc(-c3ccc(C)cc3)n([C@@H]3CCS(=O)(=O)C3)n2)cc1. The second-order valence-corrected chi connectivity index (χ2v) is 9.83. The number of hydrogen-bond donors (Lipinski definition) is 1. The van der Waals surface area contributed by atoms with Gasteiger partial charge in [-0.3, -0.25) is 9.48 Å². The lowest BCUT2D eigenvalue weighted by Gasteiger charge is -2.13. The first-order valence-electron chi connectivity index (χ1n) is 9.56. The standard InChI is InChI=1S/C22H23N3O3S/c1-15-3-7-17(8-4-15)21-13-20(22(26)23-18-9-5-16(2)6-10-18)24-25(21)19-11-12-29(27,28)14-19/h3-10,13,19H,11-12,14H2,1-2H3,(H,23,26)/t19-/m1/s1. The fourth-order valence-corrected chi connectivity index (χ4v) is 5.22. The van der Waals surface area contributed by atoms with E-state index in [1.807, 2.05) is 62.4 Å². The van der Waals surface area contributed by atoms with Crippen LogP contribution >= 0.6 is 0 Å². The highest BCUT2D eigenvalue weighted by Crippen LogP contribution is 2.30. The van der Waals surface area contributed by atoms with Crippen molar-refractivity contribution in [2.24, 2.45) is 0 Å². The van der Waals surface area contributed by atoms with Gasteiger partial charge < -0.3 is 5.32 Å². The van der Waals surface area contributed by atoms with Crippen molar-refractivity contribution in [2.45, 2.75) is 26.3 Å². The molecule has 4 rings (SSSR count). The Kier molecular flexibility index (Phi) is 5.00. The minimum Gasteiger partial charge on any atom is -0.321 e. The quantitative estimate of drug-likeness (QED) is 0.711. The number of nitrogens with zero attached hydrogens (tertiary/aromatic N) is 2. The molecule has 2 heterocycles. The van der Waals surface area contributed by atoms with Crippen molar-refractivity contribution in [3.63, 3.8) is 0 Å². The Morgan fingerprint density at radius 2 is 1.66 bits per heavy atom. The van der Waals surface area contributed by atoms with Crippen LogP contribution in [0.25, 0.3) is 11.3 Å². The minimum atomic E-state index is -3.07. The Bertz CT molecular complexity index is 1150. The van der Waals surface area contributed by atoms with Gasteiger partial charge in [-0.2, -0.15) is 5.10 Å². The number of benzene rings is 2. The van der Waals surface area contributed by atoms with Crippen LogP contribution in [0.5, 0.6) is 0 Å². The minimum absolute atomic E-state index is 0.0482. The maximum absolute atomic E-state index is 12.8. The Morgan fingerprint density at radius 3 is 2.24 bits per heavy atom. The summed E-state index contributed by atoms with van der Waals surface area (Å²) in [5, 5.41) is 7.37. The van der Waals surface area contributed by atoms with Gasteiger partial charge in [0.05, 0.1) is 23.2 Å².